The van der Waals surface area contributed by atoms with Crippen molar-refractivity contribution in [2.75, 3.05) is 18.2 Å². The summed E-state index contributed by atoms with van der Waals surface area (Å²) in [7, 11) is -3.35. The lowest BCUT2D eigenvalue weighted by Crippen LogP contribution is -2.12. The van der Waals surface area contributed by atoms with Gasteiger partial charge in [-0.1, -0.05) is 6.92 Å². The van der Waals surface area contributed by atoms with Gasteiger partial charge in [-0.2, -0.15) is 0 Å². The van der Waals surface area contributed by atoms with Crippen molar-refractivity contribution in [2.45, 2.75) is 25.2 Å². The van der Waals surface area contributed by atoms with Gasteiger partial charge in [0, 0.05) is 22.9 Å². The van der Waals surface area contributed by atoms with E-state index >= 15 is 0 Å². The molecule has 0 saturated carbocycles. The number of rotatable bonds is 8. The van der Waals surface area contributed by atoms with Crippen LogP contribution in [-0.2, 0) is 9.84 Å². The minimum absolute atomic E-state index is 0.00109. The highest BCUT2D eigenvalue weighted by Crippen LogP contribution is 2.40. The lowest BCUT2D eigenvalue weighted by atomic mass is 10.1. The Morgan fingerprint density at radius 1 is 1.19 bits per heavy atom. The topological polar surface area (TPSA) is 115 Å². The highest BCUT2D eigenvalue weighted by Gasteiger charge is 2.18. The Balaban J connectivity index is 1.92. The molecule has 0 aliphatic carbocycles. The van der Waals surface area contributed by atoms with E-state index in [1.165, 1.54) is 47.7 Å². The summed E-state index contributed by atoms with van der Waals surface area (Å²) in [6, 6.07) is 8.55. The maximum absolute atomic E-state index is 12.7. The second kappa shape index (κ2) is 9.36. The summed E-state index contributed by atoms with van der Waals surface area (Å²) in [5.41, 5.74) is 0.208. The van der Waals surface area contributed by atoms with Crippen molar-refractivity contribution in [1.29, 1.82) is 0 Å². The number of hydrogen-bond donors (Lipinski definition) is 2. The molecule has 2 aromatic carbocycles. The number of amides is 1. The summed E-state index contributed by atoms with van der Waals surface area (Å²) in [5.74, 6) is -0.304. The van der Waals surface area contributed by atoms with Gasteiger partial charge in [0.1, 0.15) is 5.75 Å². The van der Waals surface area contributed by atoms with Crippen molar-refractivity contribution in [3.8, 4) is 23.0 Å². The van der Waals surface area contributed by atoms with Crippen molar-refractivity contribution < 1.29 is 27.8 Å². The standard InChI is InChI=1S/C21H22N2O6S2/c1-4-9-28-17-10-14(20(25)23-21-22-12-13(2)30-21)11-18(19(17)24)29-15-5-7-16(8-6-15)31(3,26)27/h5-8,10-12,24H,4,9H2,1-3H3,(H,22,23,25). The van der Waals surface area contributed by atoms with Gasteiger partial charge in [-0.05, 0) is 49.7 Å². The van der Waals surface area contributed by atoms with Gasteiger partial charge in [0.2, 0.25) is 5.75 Å². The third-order valence-electron chi connectivity index (χ3n) is 4.09. The molecule has 10 heteroatoms. The number of nitrogens with zero attached hydrogens (tertiary/aromatic N) is 1. The number of aryl methyl sites for hydroxylation is 1. The highest BCUT2D eigenvalue weighted by molar-refractivity contribution is 7.90. The molecule has 3 rings (SSSR count). The van der Waals surface area contributed by atoms with Crippen LogP contribution in [0.15, 0.2) is 47.5 Å². The molecule has 0 saturated heterocycles. The predicted molar refractivity (Wildman–Crippen MR) is 118 cm³/mol. The molecule has 1 aromatic heterocycles. The van der Waals surface area contributed by atoms with Gasteiger partial charge in [0.15, 0.2) is 26.5 Å². The van der Waals surface area contributed by atoms with Gasteiger partial charge in [-0.15, -0.1) is 11.3 Å². The van der Waals surface area contributed by atoms with E-state index in [1.54, 1.807) is 6.20 Å². The molecule has 0 bridgehead atoms. The zero-order valence-electron chi connectivity index (χ0n) is 17.2. The molecule has 0 radical (unpaired) electrons. The molecule has 164 valence electrons. The Morgan fingerprint density at radius 3 is 2.45 bits per heavy atom. The Labute approximate surface area is 184 Å². The summed E-state index contributed by atoms with van der Waals surface area (Å²) >= 11 is 1.34. The Hall–Kier alpha value is -3.11. The number of hydrogen-bond acceptors (Lipinski definition) is 8. The normalized spacial score (nSPS) is 11.2. The highest BCUT2D eigenvalue weighted by atomic mass is 32.2. The molecule has 0 atom stereocenters. The number of ether oxygens (including phenoxy) is 2. The molecule has 2 N–H and O–H groups in total. The van der Waals surface area contributed by atoms with E-state index in [1.807, 2.05) is 13.8 Å². The number of aromatic hydroxyl groups is 1. The van der Waals surface area contributed by atoms with Crippen molar-refractivity contribution in [3.05, 3.63) is 53.0 Å². The van der Waals surface area contributed by atoms with Gasteiger partial charge in [-0.25, -0.2) is 13.4 Å². The largest absolute Gasteiger partial charge is 0.502 e. The number of phenolic OH excluding ortho intramolecular Hbond substituents is 1. The molecule has 1 heterocycles. The van der Waals surface area contributed by atoms with Crippen molar-refractivity contribution in [3.63, 3.8) is 0 Å². The smallest absolute Gasteiger partial charge is 0.257 e. The van der Waals surface area contributed by atoms with E-state index in [9.17, 15) is 18.3 Å². The molecule has 0 unspecified atom stereocenters. The minimum Gasteiger partial charge on any atom is -0.502 e. The van der Waals surface area contributed by atoms with E-state index in [2.05, 4.69) is 10.3 Å². The number of phenols is 1. The average molecular weight is 463 g/mol. The third kappa shape index (κ3) is 5.74. The van der Waals surface area contributed by atoms with Crippen LogP contribution in [0.3, 0.4) is 0 Å². The summed E-state index contributed by atoms with van der Waals surface area (Å²) in [5, 5.41) is 13.7. The fourth-order valence-corrected chi connectivity index (χ4v) is 3.87. The van der Waals surface area contributed by atoms with Crippen molar-refractivity contribution in [2.24, 2.45) is 0 Å². The van der Waals surface area contributed by atoms with E-state index in [0.717, 1.165) is 11.1 Å². The maximum atomic E-state index is 12.7. The Bertz CT molecular complexity index is 1190. The van der Waals surface area contributed by atoms with Gasteiger partial charge in [0.25, 0.3) is 5.91 Å². The van der Waals surface area contributed by atoms with Crippen LogP contribution in [0.25, 0.3) is 0 Å². The van der Waals surface area contributed by atoms with Crippen molar-refractivity contribution >= 4 is 32.2 Å². The first-order valence-electron chi connectivity index (χ1n) is 9.39. The van der Waals surface area contributed by atoms with Crippen LogP contribution in [0.5, 0.6) is 23.0 Å². The van der Waals surface area contributed by atoms with Crippen LogP contribution in [0.1, 0.15) is 28.6 Å². The lowest BCUT2D eigenvalue weighted by molar-refractivity contribution is 0.102. The van der Waals surface area contributed by atoms with Crippen LogP contribution in [-0.4, -0.2) is 37.3 Å². The predicted octanol–water partition coefficient (Wildman–Crippen LogP) is 4.39. The summed E-state index contributed by atoms with van der Waals surface area (Å²) < 4.78 is 34.5. The quantitative estimate of drug-likeness (QED) is 0.510. The summed E-state index contributed by atoms with van der Waals surface area (Å²) in [6.07, 6.45) is 3.47. The first-order chi connectivity index (χ1) is 14.7. The SMILES string of the molecule is CCCOc1cc(C(=O)Nc2ncc(C)s2)cc(Oc2ccc(S(C)(=O)=O)cc2)c1O. The number of thiazole rings is 1. The third-order valence-corrected chi connectivity index (χ3v) is 6.04. The lowest BCUT2D eigenvalue weighted by Gasteiger charge is -2.14. The van der Waals surface area contributed by atoms with Crippen LogP contribution in [0, 0.1) is 6.92 Å². The monoisotopic (exact) mass is 462 g/mol. The number of nitrogens with one attached hydrogen (secondary N) is 1. The molecule has 3 aromatic rings. The molecular weight excluding hydrogens is 440 g/mol. The zero-order chi connectivity index (χ0) is 22.6. The van der Waals surface area contributed by atoms with Gasteiger partial charge < -0.3 is 14.6 Å². The van der Waals surface area contributed by atoms with E-state index in [0.29, 0.717) is 18.2 Å². The molecule has 0 spiro atoms. The molecule has 0 aliphatic heterocycles. The number of benzene rings is 2. The molecule has 0 fully saturated rings. The zero-order valence-corrected chi connectivity index (χ0v) is 18.8. The number of carbonyl (C=O) groups excluding carboxylic acids is 1. The first-order valence-corrected chi connectivity index (χ1v) is 12.1. The Morgan fingerprint density at radius 2 is 1.87 bits per heavy atom. The van der Waals surface area contributed by atoms with E-state index in [-0.39, 0.29) is 33.5 Å². The summed E-state index contributed by atoms with van der Waals surface area (Å²) in [4.78, 5) is 17.9. The van der Waals surface area contributed by atoms with Crippen LogP contribution in [0.4, 0.5) is 5.13 Å². The second-order valence-corrected chi connectivity index (χ2v) is 10.00. The minimum atomic E-state index is -3.35. The number of anilines is 1. The molecular formula is C21H22N2O6S2. The molecule has 1 amide bonds. The maximum Gasteiger partial charge on any atom is 0.257 e. The average Bonchev–Trinajstić information content (AvgIpc) is 3.12. The first kappa shape index (κ1) is 22.6. The second-order valence-electron chi connectivity index (χ2n) is 6.75. The van der Waals surface area contributed by atoms with Crippen LogP contribution >= 0.6 is 11.3 Å². The molecule has 31 heavy (non-hydrogen) atoms. The van der Waals surface area contributed by atoms with Crippen molar-refractivity contribution in [1.82, 2.24) is 4.98 Å². The number of aromatic nitrogens is 1. The van der Waals surface area contributed by atoms with Gasteiger partial charge in [-0.3, -0.25) is 10.1 Å². The van der Waals surface area contributed by atoms with Crippen LogP contribution in [0.2, 0.25) is 0 Å². The van der Waals surface area contributed by atoms with E-state index in [4.69, 9.17) is 9.47 Å². The molecule has 8 nitrogen and oxygen atoms in total. The fraction of sp³-hybridized carbons (Fsp3) is 0.238. The van der Waals surface area contributed by atoms with Gasteiger partial charge in [0.05, 0.1) is 11.5 Å². The van der Waals surface area contributed by atoms with Crippen LogP contribution < -0.4 is 14.8 Å². The fourth-order valence-electron chi connectivity index (χ4n) is 2.58. The molecule has 0 aliphatic rings. The van der Waals surface area contributed by atoms with Gasteiger partial charge >= 0.3 is 0 Å². The Kier molecular flexibility index (Phi) is 6.81. The number of sulfone groups is 1. The van der Waals surface area contributed by atoms with E-state index < -0.39 is 15.7 Å². The number of carbonyl (C=O) groups is 1. The summed E-state index contributed by atoms with van der Waals surface area (Å²) in [6.45, 7) is 4.14.